The molecule has 0 radical (unpaired) electrons. The lowest BCUT2D eigenvalue weighted by molar-refractivity contribution is -0.128. The smallest absolute Gasteiger partial charge is 0.407 e. The molecule has 0 spiro atoms. The van der Waals surface area contributed by atoms with Gasteiger partial charge in [-0.2, -0.15) is 0 Å². The number of carbonyl (C=O) groups excluding carboxylic acids is 2. The molecule has 0 aromatic rings. The molecule has 20 heavy (non-hydrogen) atoms. The molecular weight excluding hydrogens is 256 g/mol. The number of amides is 2. The number of β-lactam (4-membered cyclic amide) rings is 1. The highest BCUT2D eigenvalue weighted by molar-refractivity contribution is 5.90. The van der Waals surface area contributed by atoms with Crippen LogP contribution in [0.15, 0.2) is 0 Å². The van der Waals surface area contributed by atoms with Gasteiger partial charge in [-0.15, -0.1) is 0 Å². The number of hydrogen-bond acceptors (Lipinski definition) is 3. The maximum absolute atomic E-state index is 11.4. The van der Waals surface area contributed by atoms with Crippen molar-refractivity contribution >= 4 is 12.0 Å². The van der Waals surface area contributed by atoms with Gasteiger partial charge in [-0.25, -0.2) is 4.79 Å². The minimum atomic E-state index is -0.475. The molecule has 5 nitrogen and oxygen atoms in total. The van der Waals surface area contributed by atoms with Gasteiger partial charge in [0, 0.05) is 6.54 Å². The monoisotopic (exact) mass is 282 g/mol. The zero-order valence-electron chi connectivity index (χ0n) is 12.2. The molecule has 1 aliphatic heterocycles. The summed E-state index contributed by atoms with van der Waals surface area (Å²) in [4.78, 5) is 22.3. The second-order valence-corrected chi connectivity index (χ2v) is 5.93. The number of hydrogen-bond donors (Lipinski definition) is 2. The lowest BCUT2D eigenvalue weighted by Gasteiger charge is -2.26. The number of ether oxygens (including phenoxy) is 1. The molecule has 0 unspecified atom stereocenters. The van der Waals surface area contributed by atoms with Crippen molar-refractivity contribution in [2.45, 2.75) is 63.8 Å². The molecule has 2 fully saturated rings. The zero-order chi connectivity index (χ0) is 14.2. The maximum atomic E-state index is 11.4. The van der Waals surface area contributed by atoms with E-state index in [1.54, 1.807) is 0 Å². The number of unbranched alkanes of at least 4 members (excludes halogenated alkanes) is 2. The van der Waals surface area contributed by atoms with E-state index in [0.717, 1.165) is 18.8 Å². The van der Waals surface area contributed by atoms with Crippen molar-refractivity contribution in [1.29, 1.82) is 0 Å². The Bertz CT molecular complexity index is 327. The summed E-state index contributed by atoms with van der Waals surface area (Å²) in [5.41, 5.74) is 0. The van der Waals surface area contributed by atoms with Crippen LogP contribution in [0.1, 0.15) is 57.8 Å². The fraction of sp³-hybridized carbons (Fsp3) is 0.867. The van der Waals surface area contributed by atoms with Crippen LogP contribution in [0.4, 0.5) is 4.79 Å². The van der Waals surface area contributed by atoms with Crippen molar-refractivity contribution < 1.29 is 14.3 Å². The van der Waals surface area contributed by atoms with Gasteiger partial charge in [0.05, 0.1) is 6.61 Å². The zero-order valence-corrected chi connectivity index (χ0v) is 12.2. The van der Waals surface area contributed by atoms with Crippen LogP contribution in [-0.4, -0.2) is 31.2 Å². The molecule has 2 N–H and O–H groups in total. The summed E-state index contributed by atoms with van der Waals surface area (Å²) in [5.74, 6) is 0.805. The van der Waals surface area contributed by atoms with Gasteiger partial charge >= 0.3 is 6.09 Å². The molecule has 1 saturated carbocycles. The summed E-state index contributed by atoms with van der Waals surface area (Å²) in [6.45, 7) is 0.958. The van der Waals surface area contributed by atoms with Gasteiger partial charge in [0.2, 0.25) is 5.91 Å². The van der Waals surface area contributed by atoms with Crippen LogP contribution in [0.3, 0.4) is 0 Å². The molecule has 2 aliphatic rings. The highest BCUT2D eigenvalue weighted by atomic mass is 16.5. The summed E-state index contributed by atoms with van der Waals surface area (Å²) in [6, 6.07) is -0.395. The molecule has 114 valence electrons. The van der Waals surface area contributed by atoms with Gasteiger partial charge in [0.25, 0.3) is 0 Å². The Morgan fingerprint density at radius 1 is 1.20 bits per heavy atom. The van der Waals surface area contributed by atoms with Gasteiger partial charge in [0.15, 0.2) is 0 Å². The number of carbonyl (C=O) groups is 2. The van der Waals surface area contributed by atoms with E-state index in [-0.39, 0.29) is 5.91 Å². The van der Waals surface area contributed by atoms with Crippen LogP contribution in [0.2, 0.25) is 0 Å². The molecule has 1 atom stereocenters. The molecule has 2 amide bonds. The molecule has 1 aliphatic carbocycles. The van der Waals surface area contributed by atoms with E-state index in [1.807, 2.05) is 0 Å². The van der Waals surface area contributed by atoms with E-state index >= 15 is 0 Å². The number of alkyl carbamates (subject to hydrolysis) is 1. The minimum Gasteiger partial charge on any atom is -0.450 e. The summed E-state index contributed by atoms with van der Waals surface area (Å²) in [6.07, 6.45) is 11.2. The van der Waals surface area contributed by atoms with Crippen LogP contribution in [0.5, 0.6) is 0 Å². The number of rotatable bonds is 7. The predicted octanol–water partition coefficient (Wildman–Crippen LogP) is 2.35. The predicted molar refractivity (Wildman–Crippen MR) is 76.3 cm³/mol. The highest BCUT2D eigenvalue weighted by Crippen LogP contribution is 2.27. The van der Waals surface area contributed by atoms with Crippen molar-refractivity contribution in [3.8, 4) is 0 Å². The first kappa shape index (κ1) is 15.1. The lowest BCUT2D eigenvalue weighted by Crippen LogP contribution is -2.61. The van der Waals surface area contributed by atoms with Crippen LogP contribution in [-0.2, 0) is 9.53 Å². The SMILES string of the molecule is O=C(N[C@H]1CNC1=O)OCCCCCC1CCCCC1. The molecule has 0 aromatic heterocycles. The first-order valence-electron chi connectivity index (χ1n) is 7.96. The van der Waals surface area contributed by atoms with E-state index in [1.165, 1.54) is 44.9 Å². The molecule has 0 aromatic carbocycles. The standard InChI is InChI=1S/C15H26N2O3/c18-14-13(11-16-14)17-15(19)20-10-6-2-5-9-12-7-3-1-4-8-12/h12-13H,1-11H2,(H,16,18)(H,17,19)/t13-/m0/s1. The first-order valence-corrected chi connectivity index (χ1v) is 7.96. The molecule has 5 heteroatoms. The van der Waals surface area contributed by atoms with Crippen molar-refractivity contribution in [3.05, 3.63) is 0 Å². The molecular formula is C15H26N2O3. The topological polar surface area (TPSA) is 67.4 Å². The van der Waals surface area contributed by atoms with Crippen LogP contribution >= 0.6 is 0 Å². The highest BCUT2D eigenvalue weighted by Gasteiger charge is 2.29. The summed E-state index contributed by atoms with van der Waals surface area (Å²) in [5, 5.41) is 5.11. The molecule has 1 saturated heterocycles. The van der Waals surface area contributed by atoms with Crippen LogP contribution < -0.4 is 10.6 Å². The van der Waals surface area contributed by atoms with Crippen LogP contribution in [0.25, 0.3) is 0 Å². The molecule has 2 rings (SSSR count). The molecule has 0 bridgehead atoms. The second kappa shape index (κ2) is 8.12. The van der Waals surface area contributed by atoms with Gasteiger partial charge in [-0.3, -0.25) is 4.79 Å². The Balaban J connectivity index is 1.41. The minimum absolute atomic E-state index is 0.130. The maximum Gasteiger partial charge on any atom is 0.407 e. The van der Waals surface area contributed by atoms with E-state index < -0.39 is 12.1 Å². The Hall–Kier alpha value is -1.26. The van der Waals surface area contributed by atoms with Gasteiger partial charge in [0.1, 0.15) is 6.04 Å². The van der Waals surface area contributed by atoms with Crippen molar-refractivity contribution in [3.63, 3.8) is 0 Å². The van der Waals surface area contributed by atoms with Crippen molar-refractivity contribution in [1.82, 2.24) is 10.6 Å². The van der Waals surface area contributed by atoms with Crippen molar-refractivity contribution in [2.24, 2.45) is 5.92 Å². The third-order valence-electron chi connectivity index (χ3n) is 4.30. The lowest BCUT2D eigenvalue weighted by atomic mass is 9.86. The average molecular weight is 282 g/mol. The van der Waals surface area contributed by atoms with Gasteiger partial charge in [-0.1, -0.05) is 51.4 Å². The second-order valence-electron chi connectivity index (χ2n) is 5.93. The molecule has 1 heterocycles. The van der Waals surface area contributed by atoms with E-state index in [2.05, 4.69) is 10.6 Å². The fourth-order valence-corrected chi connectivity index (χ4v) is 2.94. The first-order chi connectivity index (χ1) is 9.75. The summed E-state index contributed by atoms with van der Waals surface area (Å²) < 4.78 is 5.06. The Morgan fingerprint density at radius 3 is 2.65 bits per heavy atom. The largest absolute Gasteiger partial charge is 0.450 e. The summed E-state index contributed by atoms with van der Waals surface area (Å²) in [7, 11) is 0. The van der Waals surface area contributed by atoms with Gasteiger partial charge < -0.3 is 15.4 Å². The Morgan fingerprint density at radius 2 is 2.00 bits per heavy atom. The van der Waals surface area contributed by atoms with E-state index in [4.69, 9.17) is 4.74 Å². The van der Waals surface area contributed by atoms with E-state index in [0.29, 0.717) is 13.2 Å². The Labute approximate surface area is 120 Å². The number of nitrogens with one attached hydrogen (secondary N) is 2. The summed E-state index contributed by atoms with van der Waals surface area (Å²) >= 11 is 0. The van der Waals surface area contributed by atoms with E-state index in [9.17, 15) is 9.59 Å². The van der Waals surface area contributed by atoms with Crippen LogP contribution in [0, 0.1) is 5.92 Å². The van der Waals surface area contributed by atoms with Gasteiger partial charge in [-0.05, 0) is 12.3 Å². The third kappa shape index (κ3) is 5.02. The normalized spacial score (nSPS) is 22.8. The Kier molecular flexibility index (Phi) is 6.15. The third-order valence-corrected chi connectivity index (χ3v) is 4.30. The average Bonchev–Trinajstić information content (AvgIpc) is 2.48. The fourth-order valence-electron chi connectivity index (χ4n) is 2.94. The quantitative estimate of drug-likeness (QED) is 0.556. The van der Waals surface area contributed by atoms with Crippen molar-refractivity contribution in [2.75, 3.05) is 13.2 Å².